The molecule has 1 fully saturated rings. The third kappa shape index (κ3) is 4.66. The normalized spacial score (nSPS) is 18.8. The smallest absolute Gasteiger partial charge is 0.240 e. The maximum absolute atomic E-state index is 13.0. The first-order chi connectivity index (χ1) is 8.97. The summed E-state index contributed by atoms with van der Waals surface area (Å²) in [6.45, 7) is 1.20. The minimum Gasteiger partial charge on any atom is -0.314 e. The van der Waals surface area contributed by atoms with Crippen molar-refractivity contribution in [1.82, 2.24) is 10.0 Å². The van der Waals surface area contributed by atoms with Crippen molar-refractivity contribution in [3.05, 3.63) is 29.8 Å². The molecule has 0 aliphatic carbocycles. The van der Waals surface area contributed by atoms with Crippen molar-refractivity contribution in [2.45, 2.75) is 30.2 Å². The molecule has 0 spiro atoms. The van der Waals surface area contributed by atoms with Gasteiger partial charge < -0.3 is 5.32 Å². The van der Waals surface area contributed by atoms with Crippen LogP contribution in [0.15, 0.2) is 23.1 Å². The molecule has 1 aromatic rings. The lowest BCUT2D eigenvalue weighted by molar-refractivity contribution is 0.536. The summed E-state index contributed by atoms with van der Waals surface area (Å²) >= 11 is 0. The second-order valence-electron chi connectivity index (χ2n) is 4.58. The summed E-state index contributed by atoms with van der Waals surface area (Å²) < 4.78 is 52.0. The van der Waals surface area contributed by atoms with Crippen LogP contribution in [0.3, 0.4) is 0 Å². The summed E-state index contributed by atoms with van der Waals surface area (Å²) in [5.74, 6) is -1.81. The van der Waals surface area contributed by atoms with Crippen LogP contribution in [-0.2, 0) is 10.0 Å². The molecule has 4 nitrogen and oxygen atoms in total. The Morgan fingerprint density at radius 2 is 1.90 bits per heavy atom. The van der Waals surface area contributed by atoms with Crippen molar-refractivity contribution < 1.29 is 17.2 Å². The molecular weight excluding hydrogens is 310 g/mol. The van der Waals surface area contributed by atoms with Crippen LogP contribution in [0.1, 0.15) is 19.3 Å². The predicted octanol–water partition coefficient (Wildman–Crippen LogP) is 1.81. The highest BCUT2D eigenvalue weighted by Crippen LogP contribution is 2.14. The van der Waals surface area contributed by atoms with Crippen molar-refractivity contribution in [2.75, 3.05) is 13.1 Å². The largest absolute Gasteiger partial charge is 0.314 e. The van der Waals surface area contributed by atoms with Crippen LogP contribution in [0.25, 0.3) is 0 Å². The molecule has 1 saturated heterocycles. The molecule has 1 aliphatic rings. The van der Waals surface area contributed by atoms with E-state index in [9.17, 15) is 17.2 Å². The molecule has 8 heteroatoms. The first kappa shape index (κ1) is 17.3. The van der Waals surface area contributed by atoms with Gasteiger partial charge in [0.1, 0.15) is 11.6 Å². The van der Waals surface area contributed by atoms with Gasteiger partial charge in [-0.25, -0.2) is 21.9 Å². The van der Waals surface area contributed by atoms with E-state index in [1.54, 1.807) is 0 Å². The Hall–Kier alpha value is -0.760. The molecule has 1 aromatic carbocycles. The van der Waals surface area contributed by atoms with Crippen molar-refractivity contribution in [3.8, 4) is 0 Å². The molecule has 0 unspecified atom stereocenters. The first-order valence-corrected chi connectivity index (χ1v) is 7.65. The van der Waals surface area contributed by atoms with Gasteiger partial charge >= 0.3 is 0 Å². The number of hydrogen-bond acceptors (Lipinski definition) is 3. The van der Waals surface area contributed by atoms with E-state index < -0.39 is 21.7 Å². The fourth-order valence-corrected chi connectivity index (χ4v) is 3.23. The van der Waals surface area contributed by atoms with Gasteiger partial charge in [-0.1, -0.05) is 0 Å². The molecule has 20 heavy (non-hydrogen) atoms. The molecule has 0 aromatic heterocycles. The van der Waals surface area contributed by atoms with Gasteiger partial charge in [-0.2, -0.15) is 0 Å². The summed E-state index contributed by atoms with van der Waals surface area (Å²) in [4.78, 5) is -0.385. The monoisotopic (exact) mass is 326 g/mol. The molecular formula is C12H17ClF2N2O2S. The van der Waals surface area contributed by atoms with E-state index in [1.165, 1.54) is 0 Å². The summed E-state index contributed by atoms with van der Waals surface area (Å²) in [5.41, 5.74) is 0. The number of hydrogen-bond donors (Lipinski definition) is 2. The highest BCUT2D eigenvalue weighted by Gasteiger charge is 2.18. The Bertz CT molecular complexity index is 528. The fraction of sp³-hybridized carbons (Fsp3) is 0.500. The molecule has 2 N–H and O–H groups in total. The molecule has 2 rings (SSSR count). The second kappa shape index (κ2) is 7.31. The number of sulfonamides is 1. The van der Waals surface area contributed by atoms with Gasteiger partial charge in [0.15, 0.2) is 0 Å². The molecule has 114 valence electrons. The van der Waals surface area contributed by atoms with Crippen molar-refractivity contribution in [3.63, 3.8) is 0 Å². The molecule has 1 atom stereocenters. The molecule has 0 radical (unpaired) electrons. The molecule has 0 saturated carbocycles. The highest BCUT2D eigenvalue weighted by atomic mass is 35.5. The molecule has 0 amide bonds. The zero-order valence-electron chi connectivity index (χ0n) is 10.7. The van der Waals surface area contributed by atoms with Crippen molar-refractivity contribution >= 4 is 22.4 Å². The van der Waals surface area contributed by atoms with Gasteiger partial charge in [0.05, 0.1) is 4.90 Å². The Labute approximate surface area is 123 Å². The zero-order valence-corrected chi connectivity index (χ0v) is 12.4. The van der Waals surface area contributed by atoms with E-state index in [1.807, 2.05) is 0 Å². The molecule has 0 bridgehead atoms. The Balaban J connectivity index is 0.00000200. The number of rotatable bonds is 5. The Morgan fingerprint density at radius 3 is 2.45 bits per heavy atom. The molecule has 1 heterocycles. The molecule has 1 aliphatic heterocycles. The number of halogens is 3. The number of nitrogens with one attached hydrogen (secondary N) is 2. The maximum atomic E-state index is 13.0. The van der Waals surface area contributed by atoms with Crippen LogP contribution in [0.5, 0.6) is 0 Å². The second-order valence-corrected chi connectivity index (χ2v) is 6.35. The lowest BCUT2D eigenvalue weighted by atomic mass is 10.2. The quantitative estimate of drug-likeness (QED) is 0.867. The number of benzene rings is 1. The Kier molecular flexibility index (Phi) is 6.32. The van der Waals surface area contributed by atoms with E-state index in [2.05, 4.69) is 10.0 Å². The highest BCUT2D eigenvalue weighted by molar-refractivity contribution is 7.89. The third-order valence-electron chi connectivity index (χ3n) is 3.09. The third-order valence-corrected chi connectivity index (χ3v) is 4.53. The van der Waals surface area contributed by atoms with Gasteiger partial charge in [-0.15, -0.1) is 12.4 Å². The fourth-order valence-electron chi connectivity index (χ4n) is 2.14. The van der Waals surface area contributed by atoms with Gasteiger partial charge in [-0.05, 0) is 37.9 Å². The summed E-state index contributed by atoms with van der Waals surface area (Å²) in [7, 11) is -3.85. The van der Waals surface area contributed by atoms with E-state index >= 15 is 0 Å². The van der Waals surface area contributed by atoms with E-state index in [0.717, 1.165) is 31.5 Å². The lowest BCUT2D eigenvalue weighted by Crippen LogP contribution is -2.30. The van der Waals surface area contributed by atoms with Crippen molar-refractivity contribution in [2.24, 2.45) is 0 Å². The SMILES string of the molecule is Cl.O=S(=O)(NCC[C@H]1CCCN1)c1cc(F)cc(F)c1. The van der Waals surface area contributed by atoms with Gasteiger partial charge in [0.25, 0.3) is 0 Å². The van der Waals surface area contributed by atoms with E-state index in [4.69, 9.17) is 0 Å². The van der Waals surface area contributed by atoms with Crippen molar-refractivity contribution in [1.29, 1.82) is 0 Å². The minimum atomic E-state index is -3.85. The van der Waals surface area contributed by atoms with Gasteiger partial charge in [0, 0.05) is 18.7 Å². The van der Waals surface area contributed by atoms with Crippen LogP contribution in [0, 0.1) is 11.6 Å². The topological polar surface area (TPSA) is 58.2 Å². The standard InChI is InChI=1S/C12H16F2N2O2S.ClH/c13-9-6-10(14)8-12(7-9)19(17,18)16-5-3-11-2-1-4-15-11;/h6-8,11,15-16H,1-5H2;1H/t11-;/m1./s1. The van der Waals surface area contributed by atoms with E-state index in [0.29, 0.717) is 18.5 Å². The van der Waals surface area contributed by atoms with Gasteiger partial charge in [0.2, 0.25) is 10.0 Å². The lowest BCUT2D eigenvalue weighted by Gasteiger charge is -2.11. The van der Waals surface area contributed by atoms with Crippen LogP contribution in [0.2, 0.25) is 0 Å². The summed E-state index contributed by atoms with van der Waals surface area (Å²) in [6, 6.07) is 2.56. The summed E-state index contributed by atoms with van der Waals surface area (Å²) in [5, 5.41) is 3.25. The summed E-state index contributed by atoms with van der Waals surface area (Å²) in [6.07, 6.45) is 2.78. The van der Waals surface area contributed by atoms with Crippen LogP contribution in [-0.4, -0.2) is 27.5 Å². The van der Waals surface area contributed by atoms with Gasteiger partial charge in [-0.3, -0.25) is 0 Å². The van der Waals surface area contributed by atoms with Crippen LogP contribution >= 0.6 is 12.4 Å². The minimum absolute atomic E-state index is 0. The maximum Gasteiger partial charge on any atom is 0.240 e. The van der Waals surface area contributed by atoms with Crippen LogP contribution < -0.4 is 10.0 Å². The first-order valence-electron chi connectivity index (χ1n) is 6.16. The average molecular weight is 327 g/mol. The predicted molar refractivity (Wildman–Crippen MR) is 74.4 cm³/mol. The zero-order chi connectivity index (χ0) is 13.9. The van der Waals surface area contributed by atoms with E-state index in [-0.39, 0.29) is 23.8 Å². The average Bonchev–Trinajstić information content (AvgIpc) is 2.80. The Morgan fingerprint density at radius 1 is 1.25 bits per heavy atom. The van der Waals surface area contributed by atoms with Crippen LogP contribution in [0.4, 0.5) is 8.78 Å².